The normalized spacial score (nSPS) is 11.1. The Morgan fingerprint density at radius 2 is 2.05 bits per heavy atom. The smallest absolute Gasteiger partial charge is 0.253 e. The van der Waals surface area contributed by atoms with Crippen molar-refractivity contribution < 1.29 is 4.79 Å². The van der Waals surface area contributed by atoms with E-state index in [1.54, 1.807) is 12.3 Å². The van der Waals surface area contributed by atoms with Crippen LogP contribution in [0.15, 0.2) is 48.7 Å². The molecule has 2 heterocycles. The fourth-order valence-electron chi connectivity index (χ4n) is 2.51. The predicted molar refractivity (Wildman–Crippen MR) is 83.4 cm³/mol. The number of hydrogen-bond acceptors (Lipinski definition) is 3. The second kappa shape index (κ2) is 5.00. The van der Waals surface area contributed by atoms with Crippen LogP contribution in [0.3, 0.4) is 0 Å². The van der Waals surface area contributed by atoms with E-state index in [-0.39, 0.29) is 5.91 Å². The third-order valence-electron chi connectivity index (χ3n) is 3.58. The summed E-state index contributed by atoms with van der Waals surface area (Å²) in [6.07, 6.45) is 1.70. The molecule has 0 aliphatic carbocycles. The molecule has 4 rings (SSSR count). The van der Waals surface area contributed by atoms with Gasteiger partial charge in [0.05, 0.1) is 34.9 Å². The lowest BCUT2D eigenvalue weighted by Crippen LogP contribution is -2.23. The molecule has 0 fully saturated rings. The van der Waals surface area contributed by atoms with Crippen molar-refractivity contribution in [2.75, 3.05) is 0 Å². The van der Waals surface area contributed by atoms with Gasteiger partial charge in [-0.15, -0.1) is 0 Å². The number of amides is 1. The summed E-state index contributed by atoms with van der Waals surface area (Å²) in [4.78, 5) is 20.0. The topological polar surface area (TPSA) is 86.5 Å². The molecule has 0 aliphatic heterocycles. The largest absolute Gasteiger partial charge is 0.345 e. The third kappa shape index (κ3) is 2.10. The number of nitrogens with one attached hydrogen (secondary N) is 3. The highest BCUT2D eigenvalue weighted by Crippen LogP contribution is 2.15. The van der Waals surface area contributed by atoms with Gasteiger partial charge in [-0.1, -0.05) is 24.3 Å². The monoisotopic (exact) mass is 291 g/mol. The van der Waals surface area contributed by atoms with E-state index in [0.717, 1.165) is 27.8 Å². The summed E-state index contributed by atoms with van der Waals surface area (Å²) in [7, 11) is 0. The van der Waals surface area contributed by atoms with E-state index >= 15 is 0 Å². The molecule has 0 radical (unpaired) electrons. The molecular formula is C16H13N5O. The Balaban J connectivity index is 1.56. The van der Waals surface area contributed by atoms with Gasteiger partial charge in [-0.05, 0) is 18.2 Å². The van der Waals surface area contributed by atoms with Crippen molar-refractivity contribution in [3.63, 3.8) is 0 Å². The van der Waals surface area contributed by atoms with Crippen molar-refractivity contribution >= 4 is 27.8 Å². The Kier molecular flexibility index (Phi) is 2.86. The second-order valence-corrected chi connectivity index (χ2v) is 5.02. The molecule has 2 aromatic heterocycles. The number of aromatic nitrogens is 4. The number of fused-ring (bicyclic) bond motifs is 2. The average molecular weight is 291 g/mol. The number of hydrogen-bond donors (Lipinski definition) is 3. The number of H-pyrrole nitrogens is 2. The quantitative estimate of drug-likeness (QED) is 0.541. The Morgan fingerprint density at radius 1 is 1.14 bits per heavy atom. The zero-order valence-corrected chi connectivity index (χ0v) is 11.6. The molecule has 0 saturated heterocycles. The van der Waals surface area contributed by atoms with E-state index in [1.807, 2.05) is 36.4 Å². The van der Waals surface area contributed by atoms with E-state index < -0.39 is 0 Å². The maximum Gasteiger partial charge on any atom is 0.253 e. The van der Waals surface area contributed by atoms with Crippen molar-refractivity contribution in [2.24, 2.45) is 0 Å². The van der Waals surface area contributed by atoms with Gasteiger partial charge in [0.15, 0.2) is 0 Å². The molecule has 108 valence electrons. The number of nitrogens with zero attached hydrogens (tertiary/aromatic N) is 2. The van der Waals surface area contributed by atoms with Crippen LogP contribution in [-0.4, -0.2) is 26.1 Å². The molecule has 0 saturated carbocycles. The zero-order valence-electron chi connectivity index (χ0n) is 11.6. The van der Waals surface area contributed by atoms with Crippen LogP contribution in [0.4, 0.5) is 0 Å². The third-order valence-corrected chi connectivity index (χ3v) is 3.58. The lowest BCUT2D eigenvalue weighted by atomic mass is 10.1. The molecule has 0 atom stereocenters. The fraction of sp³-hybridized carbons (Fsp3) is 0.0625. The van der Waals surface area contributed by atoms with E-state index in [9.17, 15) is 4.79 Å². The molecule has 1 amide bonds. The highest BCUT2D eigenvalue weighted by atomic mass is 16.1. The molecule has 6 heteroatoms. The van der Waals surface area contributed by atoms with Crippen LogP contribution < -0.4 is 5.32 Å². The maximum absolute atomic E-state index is 12.3. The number of aromatic amines is 2. The van der Waals surface area contributed by atoms with Gasteiger partial charge in [-0.3, -0.25) is 9.89 Å². The minimum atomic E-state index is -0.157. The minimum absolute atomic E-state index is 0.157. The van der Waals surface area contributed by atoms with Crippen LogP contribution >= 0.6 is 0 Å². The van der Waals surface area contributed by atoms with E-state index in [4.69, 9.17) is 0 Å². The standard InChI is InChI=1S/C16H13N5O/c22-16(11-5-3-4-10-8-18-21-15(10)11)17-9-14-19-12-6-1-2-7-13(12)20-14/h1-8H,9H2,(H,17,22)(H,18,21)(H,19,20). The minimum Gasteiger partial charge on any atom is -0.345 e. The summed E-state index contributed by atoms with van der Waals surface area (Å²) in [6, 6.07) is 13.3. The number of rotatable bonds is 3. The summed E-state index contributed by atoms with van der Waals surface area (Å²) < 4.78 is 0. The van der Waals surface area contributed by atoms with Crippen molar-refractivity contribution in [2.45, 2.75) is 6.54 Å². The summed E-state index contributed by atoms with van der Waals surface area (Å²) in [5.74, 6) is 0.571. The zero-order chi connectivity index (χ0) is 14.9. The SMILES string of the molecule is O=C(NCc1nc2ccccc2[nH]1)c1cccc2cn[nH]c12. The van der Waals surface area contributed by atoms with Crippen LogP contribution in [0, 0.1) is 0 Å². The lowest BCUT2D eigenvalue weighted by Gasteiger charge is -2.04. The summed E-state index contributed by atoms with van der Waals surface area (Å²) in [5, 5.41) is 10.6. The van der Waals surface area contributed by atoms with Crippen molar-refractivity contribution in [3.8, 4) is 0 Å². The van der Waals surface area contributed by atoms with E-state index in [2.05, 4.69) is 25.5 Å². The Hall–Kier alpha value is -3.15. The van der Waals surface area contributed by atoms with Crippen molar-refractivity contribution in [1.29, 1.82) is 0 Å². The number of carbonyl (C=O) groups is 1. The first-order chi connectivity index (χ1) is 10.8. The molecule has 0 unspecified atom stereocenters. The first-order valence-electron chi connectivity index (χ1n) is 6.95. The molecule has 0 bridgehead atoms. The van der Waals surface area contributed by atoms with Crippen LogP contribution in [0.1, 0.15) is 16.2 Å². The molecule has 0 spiro atoms. The van der Waals surface area contributed by atoms with E-state index in [0.29, 0.717) is 12.1 Å². The molecule has 0 aliphatic rings. The van der Waals surface area contributed by atoms with Crippen LogP contribution in [0.25, 0.3) is 21.9 Å². The van der Waals surface area contributed by atoms with Gasteiger partial charge < -0.3 is 10.3 Å². The second-order valence-electron chi connectivity index (χ2n) is 5.02. The summed E-state index contributed by atoms with van der Waals surface area (Å²) >= 11 is 0. The number of carbonyl (C=O) groups excluding carboxylic acids is 1. The summed E-state index contributed by atoms with van der Waals surface area (Å²) in [5.41, 5.74) is 3.17. The molecule has 6 nitrogen and oxygen atoms in total. The predicted octanol–water partition coefficient (Wildman–Crippen LogP) is 2.37. The molecule has 2 aromatic carbocycles. The van der Waals surface area contributed by atoms with Crippen LogP contribution in [-0.2, 0) is 6.54 Å². The van der Waals surface area contributed by atoms with Crippen LogP contribution in [0.5, 0.6) is 0 Å². The lowest BCUT2D eigenvalue weighted by molar-refractivity contribution is 0.0951. The Morgan fingerprint density at radius 3 is 2.95 bits per heavy atom. The Labute approximate surface area is 125 Å². The van der Waals surface area contributed by atoms with Gasteiger partial charge >= 0.3 is 0 Å². The first-order valence-corrected chi connectivity index (χ1v) is 6.95. The number of para-hydroxylation sites is 3. The van der Waals surface area contributed by atoms with Gasteiger partial charge in [0.2, 0.25) is 0 Å². The number of imidazole rings is 1. The van der Waals surface area contributed by atoms with Gasteiger partial charge in [0, 0.05) is 5.39 Å². The van der Waals surface area contributed by atoms with Crippen LogP contribution in [0.2, 0.25) is 0 Å². The van der Waals surface area contributed by atoms with E-state index in [1.165, 1.54) is 0 Å². The van der Waals surface area contributed by atoms with Crippen molar-refractivity contribution in [3.05, 3.63) is 60.0 Å². The molecular weight excluding hydrogens is 278 g/mol. The highest BCUT2D eigenvalue weighted by Gasteiger charge is 2.11. The fourth-order valence-corrected chi connectivity index (χ4v) is 2.51. The average Bonchev–Trinajstić information content (AvgIpc) is 3.18. The first kappa shape index (κ1) is 12.6. The highest BCUT2D eigenvalue weighted by molar-refractivity contribution is 6.05. The Bertz CT molecular complexity index is 936. The van der Waals surface area contributed by atoms with Gasteiger partial charge in [0.1, 0.15) is 5.82 Å². The van der Waals surface area contributed by atoms with Gasteiger partial charge in [-0.25, -0.2) is 4.98 Å². The van der Waals surface area contributed by atoms with Gasteiger partial charge in [0.25, 0.3) is 5.91 Å². The number of benzene rings is 2. The molecule has 3 N–H and O–H groups in total. The maximum atomic E-state index is 12.3. The van der Waals surface area contributed by atoms with Crippen molar-refractivity contribution in [1.82, 2.24) is 25.5 Å². The molecule has 4 aromatic rings. The van der Waals surface area contributed by atoms with Gasteiger partial charge in [-0.2, -0.15) is 5.10 Å². The summed E-state index contributed by atoms with van der Waals surface area (Å²) in [6.45, 7) is 0.345. The molecule has 22 heavy (non-hydrogen) atoms.